The fraction of sp³-hybridized carbons (Fsp3) is 0.395. The topological polar surface area (TPSA) is 143 Å². The van der Waals surface area contributed by atoms with Gasteiger partial charge < -0.3 is 28.6 Å². The second-order valence-corrected chi connectivity index (χ2v) is 16.6. The third-order valence-electron chi connectivity index (χ3n) is 8.38. The summed E-state index contributed by atoms with van der Waals surface area (Å²) in [7, 11) is 0. The Labute approximate surface area is 300 Å². The monoisotopic (exact) mass is 721 g/mol. The Kier molecular flexibility index (Phi) is 12.8. The number of fused-ring (bicyclic) bond motifs is 2. The van der Waals surface area contributed by atoms with E-state index in [4.69, 9.17) is 18.9 Å². The number of carbonyl (C=O) groups is 3. The molecule has 0 saturated carbocycles. The molecule has 50 heavy (non-hydrogen) atoms. The van der Waals surface area contributed by atoms with Gasteiger partial charge in [0, 0.05) is 16.6 Å². The summed E-state index contributed by atoms with van der Waals surface area (Å²) in [6.45, 7) is 7.19. The van der Waals surface area contributed by atoms with E-state index >= 15 is 0 Å². The highest BCUT2D eigenvalue weighted by Gasteiger charge is 2.56. The Morgan fingerprint density at radius 2 is 1.28 bits per heavy atom. The van der Waals surface area contributed by atoms with Gasteiger partial charge in [0.15, 0.2) is 18.3 Å². The zero-order valence-corrected chi connectivity index (χ0v) is 30.0. The zero-order valence-electron chi connectivity index (χ0n) is 28.4. The molecule has 2 bridgehead atoms. The Hall–Kier alpha value is -3.65. The minimum atomic E-state index is -1.60. The molecular weight excluding hydrogens is 679 g/mol. The van der Waals surface area contributed by atoms with E-state index in [9.17, 15) is 24.0 Å². The summed E-state index contributed by atoms with van der Waals surface area (Å²) in [6, 6.07) is 24.3. The van der Waals surface area contributed by atoms with Gasteiger partial charge in [0.25, 0.3) is 0 Å². The SMILES string of the molecule is C[C@@H]1C=CC[C@@H](CO)S[C@H]2O[C@H]([C@@H]1N[S+]([O-])C(C)(C)C)[C@H](OC(=O)c1ccccc1)[C@H](OC(=O)c1ccccc1)[C@H]2OC(=O)c1ccccc1. The second kappa shape index (κ2) is 17.0. The van der Waals surface area contributed by atoms with E-state index in [1.807, 2.05) is 39.8 Å². The van der Waals surface area contributed by atoms with Gasteiger partial charge in [0.05, 0.1) is 29.3 Å². The van der Waals surface area contributed by atoms with E-state index < -0.39 is 69.9 Å². The number of thioether (sulfide) groups is 1. The van der Waals surface area contributed by atoms with Crippen LogP contribution in [0.15, 0.2) is 103 Å². The molecule has 1 unspecified atom stereocenters. The summed E-state index contributed by atoms with van der Waals surface area (Å²) in [6.07, 6.45) is -0.773. The van der Waals surface area contributed by atoms with Crippen molar-refractivity contribution in [2.75, 3.05) is 6.61 Å². The number of benzene rings is 3. The maximum Gasteiger partial charge on any atom is 0.338 e. The fourth-order valence-corrected chi connectivity index (χ4v) is 7.82. The molecule has 9 atom stereocenters. The van der Waals surface area contributed by atoms with Crippen molar-refractivity contribution >= 4 is 41.0 Å². The van der Waals surface area contributed by atoms with Crippen molar-refractivity contribution < 1.29 is 43.0 Å². The lowest BCUT2D eigenvalue weighted by molar-refractivity contribution is -0.207. The van der Waals surface area contributed by atoms with Crippen LogP contribution < -0.4 is 4.72 Å². The van der Waals surface area contributed by atoms with Gasteiger partial charge in [-0.2, -0.15) is 0 Å². The first-order valence-corrected chi connectivity index (χ1v) is 18.6. The fourth-order valence-electron chi connectivity index (χ4n) is 5.63. The number of aliphatic hydroxyl groups is 1. The number of carbonyl (C=O) groups excluding carboxylic acids is 3. The summed E-state index contributed by atoms with van der Waals surface area (Å²) in [5.74, 6) is -2.51. The lowest BCUT2D eigenvalue weighted by atomic mass is 9.87. The van der Waals surface area contributed by atoms with Crippen molar-refractivity contribution in [3.63, 3.8) is 0 Å². The number of esters is 3. The highest BCUT2D eigenvalue weighted by Crippen LogP contribution is 2.40. The lowest BCUT2D eigenvalue weighted by Gasteiger charge is -2.48. The third kappa shape index (κ3) is 9.36. The Bertz CT molecular complexity index is 1600. The second-order valence-electron chi connectivity index (χ2n) is 13.2. The molecule has 2 N–H and O–H groups in total. The Morgan fingerprint density at radius 1 is 0.820 bits per heavy atom. The van der Waals surface area contributed by atoms with Crippen LogP contribution in [-0.2, 0) is 30.3 Å². The molecule has 10 nitrogen and oxygen atoms in total. The summed E-state index contributed by atoms with van der Waals surface area (Å²) in [5, 5.41) is 9.99. The third-order valence-corrected chi connectivity index (χ3v) is 11.3. The quantitative estimate of drug-likeness (QED) is 0.125. The summed E-state index contributed by atoms with van der Waals surface area (Å²) >= 11 is -0.375. The summed E-state index contributed by atoms with van der Waals surface area (Å²) < 4.78 is 41.6. The summed E-state index contributed by atoms with van der Waals surface area (Å²) in [5.41, 5.74) is -0.280. The van der Waals surface area contributed by atoms with Crippen LogP contribution in [0.25, 0.3) is 0 Å². The normalized spacial score (nSPS) is 27.4. The predicted octanol–water partition coefficient (Wildman–Crippen LogP) is 5.50. The highest BCUT2D eigenvalue weighted by molar-refractivity contribution is 8.00. The van der Waals surface area contributed by atoms with Crippen LogP contribution in [0.4, 0.5) is 0 Å². The van der Waals surface area contributed by atoms with Gasteiger partial charge in [-0.15, -0.1) is 16.5 Å². The van der Waals surface area contributed by atoms with Crippen molar-refractivity contribution in [3.8, 4) is 0 Å². The van der Waals surface area contributed by atoms with Gasteiger partial charge >= 0.3 is 17.9 Å². The first kappa shape index (κ1) is 37.6. The molecule has 2 heterocycles. The standard InChI is InChI=1S/C38H43NO9S2/c1-24-15-14-22-28(23-40)49-37-33(47-36(43)27-20-12-7-13-21-27)32(46-35(42)26-18-10-6-11-19-26)31(45-34(41)25-16-8-5-9-17-25)30(48-37)29(24)39-50(44)38(2,3)4/h5-21,24,28-33,37,39-40H,22-23H2,1-4H3/t24-,28+,29-,30-,31+,32+,33-,37-,50?/m1/s1. The highest BCUT2D eigenvalue weighted by atomic mass is 32.2. The van der Waals surface area contributed by atoms with Crippen LogP contribution in [0.2, 0.25) is 0 Å². The van der Waals surface area contributed by atoms with Gasteiger partial charge in [-0.3, -0.25) is 0 Å². The van der Waals surface area contributed by atoms with E-state index in [-0.39, 0.29) is 34.5 Å². The van der Waals surface area contributed by atoms with E-state index in [0.29, 0.717) is 6.42 Å². The van der Waals surface area contributed by atoms with Crippen LogP contribution in [0.5, 0.6) is 0 Å². The molecule has 12 heteroatoms. The van der Waals surface area contributed by atoms with Crippen LogP contribution >= 0.6 is 11.8 Å². The molecule has 0 aromatic heterocycles. The number of hydrogen-bond acceptors (Lipinski definition) is 11. The van der Waals surface area contributed by atoms with Gasteiger partial charge in [0.1, 0.15) is 16.3 Å². The molecule has 0 spiro atoms. The van der Waals surface area contributed by atoms with Gasteiger partial charge in [-0.1, -0.05) is 73.7 Å². The largest absolute Gasteiger partial charge is 0.598 e. The van der Waals surface area contributed by atoms with Crippen molar-refractivity contribution in [2.24, 2.45) is 5.92 Å². The number of allylic oxidation sites excluding steroid dienone is 1. The predicted molar refractivity (Wildman–Crippen MR) is 192 cm³/mol. The van der Waals surface area contributed by atoms with Crippen LogP contribution in [-0.4, -0.2) is 80.1 Å². The molecular formula is C38H43NO9S2. The van der Waals surface area contributed by atoms with Gasteiger partial charge in [-0.05, 0) is 69.5 Å². The Morgan fingerprint density at radius 3 is 1.74 bits per heavy atom. The van der Waals surface area contributed by atoms with Crippen LogP contribution in [0.1, 0.15) is 65.2 Å². The number of hydrogen-bond donors (Lipinski definition) is 2. The molecule has 266 valence electrons. The molecule has 0 amide bonds. The van der Waals surface area contributed by atoms with E-state index in [2.05, 4.69) is 4.72 Å². The molecule has 0 radical (unpaired) electrons. The van der Waals surface area contributed by atoms with Crippen molar-refractivity contribution in [1.82, 2.24) is 4.72 Å². The van der Waals surface area contributed by atoms with Crippen molar-refractivity contribution in [3.05, 3.63) is 120 Å². The lowest BCUT2D eigenvalue weighted by Crippen LogP contribution is -2.67. The first-order chi connectivity index (χ1) is 24.0. The molecule has 3 aromatic rings. The Balaban J connectivity index is 1.66. The van der Waals surface area contributed by atoms with Gasteiger partial charge in [-0.25, -0.2) is 14.4 Å². The van der Waals surface area contributed by atoms with E-state index in [1.54, 1.807) is 91.0 Å². The minimum Gasteiger partial charge on any atom is -0.598 e. The molecule has 5 rings (SSSR count). The van der Waals surface area contributed by atoms with Crippen molar-refractivity contribution in [1.29, 1.82) is 0 Å². The van der Waals surface area contributed by atoms with E-state index in [0.717, 1.165) is 0 Å². The molecule has 1 fully saturated rings. The molecule has 1 saturated heterocycles. The average Bonchev–Trinajstić information content (AvgIpc) is 3.12. The first-order valence-electron chi connectivity index (χ1n) is 16.5. The van der Waals surface area contributed by atoms with E-state index in [1.165, 1.54) is 11.8 Å². The average molecular weight is 722 g/mol. The van der Waals surface area contributed by atoms with Crippen molar-refractivity contribution in [2.45, 2.75) is 80.0 Å². The summed E-state index contributed by atoms with van der Waals surface area (Å²) in [4.78, 5) is 41.3. The van der Waals surface area contributed by atoms with Crippen LogP contribution in [0.3, 0.4) is 0 Å². The maximum atomic E-state index is 13.8. The number of aliphatic hydroxyl groups excluding tert-OH is 1. The number of rotatable bonds is 9. The molecule has 3 aromatic carbocycles. The van der Waals surface area contributed by atoms with Gasteiger partial charge in [0.2, 0.25) is 0 Å². The number of nitrogens with one attached hydrogen (secondary N) is 1. The van der Waals surface area contributed by atoms with Crippen LogP contribution in [0, 0.1) is 5.92 Å². The number of ether oxygens (including phenoxy) is 4. The minimum absolute atomic E-state index is 0.218. The molecule has 0 aliphatic carbocycles. The molecule has 2 aliphatic heterocycles. The maximum absolute atomic E-state index is 13.8. The zero-order chi connectivity index (χ0) is 35.8. The smallest absolute Gasteiger partial charge is 0.338 e. The molecule has 2 aliphatic rings.